The fourth-order valence-corrected chi connectivity index (χ4v) is 4.65. The lowest BCUT2D eigenvalue weighted by molar-refractivity contribution is -0.126. The summed E-state index contributed by atoms with van der Waals surface area (Å²) in [5.74, 6) is 0.505. The van der Waals surface area contributed by atoms with Crippen LogP contribution in [0.4, 0.5) is 0 Å². The van der Waals surface area contributed by atoms with Gasteiger partial charge in [0.05, 0.1) is 5.52 Å². The second kappa shape index (κ2) is 8.20. The minimum atomic E-state index is -0.250. The first kappa shape index (κ1) is 18.9. The molecule has 0 aliphatic heterocycles. The molecule has 2 heterocycles. The molecule has 3 rings (SSSR count). The third-order valence-corrected chi connectivity index (χ3v) is 6.34. The van der Waals surface area contributed by atoms with Gasteiger partial charge >= 0.3 is 5.69 Å². The largest absolute Gasteiger partial charge is 0.356 e. The van der Waals surface area contributed by atoms with Crippen LogP contribution in [0.2, 0.25) is 0 Å². The van der Waals surface area contributed by atoms with Gasteiger partial charge in [0.15, 0.2) is 0 Å². The van der Waals surface area contributed by atoms with Gasteiger partial charge < -0.3 is 5.32 Å². The first-order chi connectivity index (χ1) is 12.5. The number of rotatable bonds is 6. The lowest BCUT2D eigenvalue weighted by atomic mass is 9.81. The fraction of sp³-hybridized carbons (Fsp3) is 0.632. The van der Waals surface area contributed by atoms with Gasteiger partial charge in [-0.25, -0.2) is 4.79 Å². The summed E-state index contributed by atoms with van der Waals surface area (Å²) in [7, 11) is 1.71. The van der Waals surface area contributed by atoms with Crippen LogP contribution in [0, 0.1) is 11.8 Å². The summed E-state index contributed by atoms with van der Waals surface area (Å²) < 4.78 is 3.57. The number of carbonyl (C=O) groups excluding carboxylic acids is 1. The van der Waals surface area contributed by atoms with Crippen LogP contribution in [-0.4, -0.2) is 21.6 Å². The van der Waals surface area contributed by atoms with Crippen LogP contribution in [0.5, 0.6) is 0 Å². The number of nitrogens with one attached hydrogen (secondary N) is 1. The summed E-state index contributed by atoms with van der Waals surface area (Å²) in [6.45, 7) is 3.31. The zero-order valence-electron chi connectivity index (χ0n) is 15.5. The quantitative estimate of drug-likeness (QED) is 0.786. The van der Waals surface area contributed by atoms with Gasteiger partial charge in [-0.05, 0) is 49.5 Å². The first-order valence-corrected chi connectivity index (χ1v) is 10.4. The Bertz CT molecular complexity index is 888. The van der Waals surface area contributed by atoms with Crippen molar-refractivity contribution in [2.75, 3.05) is 6.54 Å². The van der Waals surface area contributed by atoms with Crippen molar-refractivity contribution in [2.24, 2.45) is 18.9 Å². The zero-order chi connectivity index (χ0) is 18.7. The van der Waals surface area contributed by atoms with Crippen LogP contribution in [0.1, 0.15) is 45.4 Å². The Kier molecular flexibility index (Phi) is 5.96. The summed E-state index contributed by atoms with van der Waals surface area (Å²) in [5, 5.41) is 4.86. The highest BCUT2D eigenvalue weighted by atomic mass is 32.1. The van der Waals surface area contributed by atoms with Crippen LogP contribution in [-0.2, 0) is 18.4 Å². The smallest absolute Gasteiger partial charge is 0.331 e. The molecule has 0 spiro atoms. The van der Waals surface area contributed by atoms with Gasteiger partial charge in [0.25, 0.3) is 5.56 Å². The van der Waals surface area contributed by atoms with Gasteiger partial charge in [0.2, 0.25) is 5.91 Å². The van der Waals surface area contributed by atoms with Gasteiger partial charge in [-0.3, -0.25) is 18.7 Å². The molecular formula is C19H27N3O3S. The number of amides is 1. The van der Waals surface area contributed by atoms with E-state index in [0.29, 0.717) is 16.8 Å². The van der Waals surface area contributed by atoms with E-state index in [1.54, 1.807) is 11.6 Å². The highest BCUT2D eigenvalue weighted by molar-refractivity contribution is 7.17. The third-order valence-electron chi connectivity index (χ3n) is 5.45. The van der Waals surface area contributed by atoms with Crippen molar-refractivity contribution < 1.29 is 4.79 Å². The Morgan fingerprint density at radius 3 is 2.69 bits per heavy atom. The lowest BCUT2D eigenvalue weighted by Gasteiger charge is -2.28. The van der Waals surface area contributed by atoms with E-state index in [1.807, 2.05) is 11.4 Å². The van der Waals surface area contributed by atoms with Crippen LogP contribution < -0.4 is 16.6 Å². The molecule has 0 atom stereocenters. The second-order valence-electron chi connectivity index (χ2n) is 7.25. The van der Waals surface area contributed by atoms with Crippen LogP contribution in [0.15, 0.2) is 21.0 Å². The number of carbonyl (C=O) groups is 1. The summed E-state index contributed by atoms with van der Waals surface area (Å²) in [4.78, 5) is 37.4. The van der Waals surface area contributed by atoms with Crippen molar-refractivity contribution in [1.82, 2.24) is 14.5 Å². The highest BCUT2D eigenvalue weighted by Crippen LogP contribution is 2.29. The minimum Gasteiger partial charge on any atom is -0.356 e. The molecule has 0 radical (unpaired) electrons. The molecule has 26 heavy (non-hydrogen) atoms. The average molecular weight is 378 g/mol. The number of aromatic nitrogens is 2. The van der Waals surface area contributed by atoms with Crippen molar-refractivity contribution in [3.63, 3.8) is 0 Å². The highest BCUT2D eigenvalue weighted by Gasteiger charge is 2.27. The lowest BCUT2D eigenvalue weighted by Crippen LogP contribution is -2.41. The van der Waals surface area contributed by atoms with E-state index in [4.69, 9.17) is 0 Å². The molecule has 6 nitrogen and oxygen atoms in total. The van der Waals surface area contributed by atoms with E-state index < -0.39 is 0 Å². The molecule has 0 unspecified atom stereocenters. The SMILES string of the molecule is CCCCNC(=O)C1CCC(Cn2c(=O)c3sccc3n(C)c2=O)CC1. The molecule has 1 fully saturated rings. The maximum Gasteiger partial charge on any atom is 0.331 e. The molecule has 1 amide bonds. The zero-order valence-corrected chi connectivity index (χ0v) is 16.3. The Hall–Kier alpha value is -1.89. The van der Waals surface area contributed by atoms with E-state index in [9.17, 15) is 14.4 Å². The molecule has 1 aliphatic rings. The molecule has 2 aromatic rings. The molecule has 7 heteroatoms. The number of unbranched alkanes of at least 4 members (excludes halogenated alkanes) is 1. The summed E-state index contributed by atoms with van der Waals surface area (Å²) in [6, 6.07) is 1.81. The molecule has 142 valence electrons. The predicted octanol–water partition coefficient (Wildman–Crippen LogP) is 2.48. The molecule has 1 saturated carbocycles. The Labute approximate surface area is 156 Å². The van der Waals surface area contributed by atoms with Crippen molar-refractivity contribution in [3.8, 4) is 0 Å². The van der Waals surface area contributed by atoms with E-state index in [-0.39, 0.29) is 29.0 Å². The van der Waals surface area contributed by atoms with E-state index >= 15 is 0 Å². The normalized spacial score (nSPS) is 20.4. The van der Waals surface area contributed by atoms with Crippen molar-refractivity contribution in [1.29, 1.82) is 0 Å². The van der Waals surface area contributed by atoms with Gasteiger partial charge in [-0.2, -0.15) is 0 Å². The van der Waals surface area contributed by atoms with Crippen molar-refractivity contribution in [2.45, 2.75) is 52.0 Å². The fourth-order valence-electron chi connectivity index (χ4n) is 3.78. The number of aryl methyl sites for hydroxylation is 1. The minimum absolute atomic E-state index is 0.0717. The van der Waals surface area contributed by atoms with Gasteiger partial charge in [-0.1, -0.05) is 13.3 Å². The average Bonchev–Trinajstić information content (AvgIpc) is 3.14. The van der Waals surface area contributed by atoms with Crippen LogP contribution in [0.25, 0.3) is 10.2 Å². The number of hydrogen-bond donors (Lipinski definition) is 1. The summed E-state index contributed by atoms with van der Waals surface area (Å²) in [5.41, 5.74) is 0.270. The molecule has 0 saturated heterocycles. The summed E-state index contributed by atoms with van der Waals surface area (Å²) in [6.07, 6.45) is 5.51. The number of fused-ring (bicyclic) bond motifs is 1. The Balaban J connectivity index is 1.65. The Morgan fingerprint density at radius 1 is 1.27 bits per heavy atom. The monoisotopic (exact) mass is 377 g/mol. The topological polar surface area (TPSA) is 73.1 Å². The molecule has 1 aliphatic carbocycles. The summed E-state index contributed by atoms with van der Waals surface area (Å²) >= 11 is 1.38. The van der Waals surface area contributed by atoms with Gasteiger partial charge in [0, 0.05) is 26.1 Å². The first-order valence-electron chi connectivity index (χ1n) is 9.47. The molecule has 2 aromatic heterocycles. The predicted molar refractivity (Wildman–Crippen MR) is 105 cm³/mol. The van der Waals surface area contributed by atoms with E-state index in [1.165, 1.54) is 15.9 Å². The maximum absolute atomic E-state index is 12.7. The molecule has 0 bridgehead atoms. The number of nitrogens with zero attached hydrogens (tertiary/aromatic N) is 2. The number of thiophene rings is 1. The standard InChI is InChI=1S/C19H27N3O3S/c1-3-4-10-20-17(23)14-7-5-13(6-8-14)12-22-18(24)16-15(9-11-26-16)21(2)19(22)25/h9,11,13-14H,3-8,10,12H2,1-2H3,(H,20,23). The second-order valence-corrected chi connectivity index (χ2v) is 8.17. The van der Waals surface area contributed by atoms with E-state index in [2.05, 4.69) is 12.2 Å². The molecule has 0 aromatic carbocycles. The third kappa shape index (κ3) is 3.77. The van der Waals surface area contributed by atoms with E-state index in [0.717, 1.165) is 45.1 Å². The van der Waals surface area contributed by atoms with Crippen LogP contribution >= 0.6 is 11.3 Å². The van der Waals surface area contributed by atoms with Crippen molar-refractivity contribution >= 4 is 27.5 Å². The van der Waals surface area contributed by atoms with Gasteiger partial charge in [-0.15, -0.1) is 11.3 Å². The maximum atomic E-state index is 12.7. The molecule has 1 N–H and O–H groups in total. The van der Waals surface area contributed by atoms with Gasteiger partial charge in [0.1, 0.15) is 4.70 Å². The molecular weight excluding hydrogens is 350 g/mol. The van der Waals surface area contributed by atoms with Crippen molar-refractivity contribution in [3.05, 3.63) is 32.3 Å². The Morgan fingerprint density at radius 2 is 2.00 bits per heavy atom. The van der Waals surface area contributed by atoms with Crippen LogP contribution in [0.3, 0.4) is 0 Å². The number of hydrogen-bond acceptors (Lipinski definition) is 4.